The van der Waals surface area contributed by atoms with Crippen LogP contribution in [0.25, 0.3) is 0 Å². The van der Waals surface area contributed by atoms with Crippen LogP contribution in [-0.2, 0) is 38.2 Å². The zero-order chi connectivity index (χ0) is 40.2. The van der Waals surface area contributed by atoms with E-state index in [0.717, 1.165) is 44.9 Å². The van der Waals surface area contributed by atoms with Crippen molar-refractivity contribution < 1.29 is 43.0 Å². The molecule has 0 radical (unpaired) electrons. The van der Waals surface area contributed by atoms with E-state index in [2.05, 4.69) is 21.3 Å². The van der Waals surface area contributed by atoms with Gasteiger partial charge in [0.1, 0.15) is 23.7 Å². The molecule has 0 aromatic carbocycles. The highest BCUT2D eigenvalue weighted by molar-refractivity contribution is 7.10. The molecule has 304 valence electrons. The van der Waals surface area contributed by atoms with Crippen LogP contribution in [-0.4, -0.2) is 114 Å². The average Bonchev–Trinajstić information content (AvgIpc) is 3.48. The molecule has 55 heavy (non-hydrogen) atoms. The fourth-order valence-corrected chi connectivity index (χ4v) is 8.82. The number of hydrogen-bond acceptors (Lipinski definition) is 10. The maximum absolute atomic E-state index is 14.6. The van der Waals surface area contributed by atoms with Crippen molar-refractivity contribution in [3.05, 3.63) is 22.4 Å². The van der Waals surface area contributed by atoms with E-state index >= 15 is 0 Å². The third kappa shape index (κ3) is 11.0. The summed E-state index contributed by atoms with van der Waals surface area (Å²) in [5.41, 5.74) is -1.34. The second kappa shape index (κ2) is 17.4. The highest BCUT2D eigenvalue weighted by atomic mass is 32.1. The molecule has 16 heteroatoms. The maximum atomic E-state index is 14.6. The Morgan fingerprint density at radius 1 is 1.00 bits per heavy atom. The topological polar surface area (TPSA) is 193 Å². The monoisotopic (exact) mass is 786 g/mol. The Hall–Kier alpha value is -4.05. The average molecular weight is 787 g/mol. The summed E-state index contributed by atoms with van der Waals surface area (Å²) in [5, 5.41) is 12.5. The number of hydrogen-bond donors (Lipinski definition) is 4. The SMILES string of the molecule is CN(C)C(=O)[C@@H](NC(=O)CNC(=O)C(=O)C(CC1CC1)NC(=O)[C@@H]1C2CC(C)(C)OC2CN1C(=O)[C@@H](NC(=O)OC(C)(C)C)C1CCCCC1)c1cccs1. The molecule has 4 aliphatic rings. The van der Waals surface area contributed by atoms with Crippen LogP contribution in [0.2, 0.25) is 0 Å². The second-order valence-electron chi connectivity index (χ2n) is 17.3. The third-order valence-corrected chi connectivity index (χ3v) is 11.7. The smallest absolute Gasteiger partial charge is 0.408 e. The van der Waals surface area contributed by atoms with Crippen molar-refractivity contribution in [3.63, 3.8) is 0 Å². The van der Waals surface area contributed by atoms with Gasteiger partial charge in [-0.25, -0.2) is 4.79 Å². The van der Waals surface area contributed by atoms with Crippen molar-refractivity contribution in [1.29, 1.82) is 0 Å². The zero-order valence-electron chi connectivity index (χ0n) is 33.1. The first-order chi connectivity index (χ1) is 25.8. The number of thiophene rings is 1. The molecule has 2 saturated carbocycles. The summed E-state index contributed by atoms with van der Waals surface area (Å²) in [6.45, 7) is 8.66. The molecule has 5 rings (SSSR count). The van der Waals surface area contributed by atoms with Gasteiger partial charge in [-0.15, -0.1) is 11.3 Å². The lowest BCUT2D eigenvalue weighted by molar-refractivity contribution is -0.145. The molecule has 0 bridgehead atoms. The number of rotatable bonds is 14. The highest BCUT2D eigenvalue weighted by Crippen LogP contribution is 2.44. The predicted octanol–water partition coefficient (Wildman–Crippen LogP) is 2.83. The van der Waals surface area contributed by atoms with Gasteiger partial charge in [-0.3, -0.25) is 28.8 Å². The van der Waals surface area contributed by atoms with Crippen molar-refractivity contribution >= 4 is 52.7 Å². The molecule has 0 spiro atoms. The number of amides is 6. The molecule has 2 aliphatic carbocycles. The van der Waals surface area contributed by atoms with Gasteiger partial charge in [-0.05, 0) is 83.6 Å². The first kappa shape index (κ1) is 42.1. The molecular formula is C39H58N6O9S. The van der Waals surface area contributed by atoms with Gasteiger partial charge >= 0.3 is 6.09 Å². The summed E-state index contributed by atoms with van der Waals surface area (Å²) < 4.78 is 11.9. The van der Waals surface area contributed by atoms with Gasteiger partial charge < -0.3 is 40.5 Å². The summed E-state index contributed by atoms with van der Waals surface area (Å²) in [5.74, 6) is -4.36. The predicted molar refractivity (Wildman–Crippen MR) is 203 cm³/mol. The van der Waals surface area contributed by atoms with E-state index in [4.69, 9.17) is 9.47 Å². The molecule has 4 fully saturated rings. The fraction of sp³-hybridized carbons (Fsp3) is 0.718. The molecule has 1 aromatic rings. The molecule has 3 heterocycles. The third-order valence-electron chi connectivity index (χ3n) is 10.8. The van der Waals surface area contributed by atoms with Gasteiger partial charge in [0.25, 0.3) is 5.91 Å². The number of nitrogens with zero attached hydrogens (tertiary/aromatic N) is 2. The zero-order valence-corrected chi connectivity index (χ0v) is 33.9. The number of nitrogens with one attached hydrogen (secondary N) is 4. The van der Waals surface area contributed by atoms with Crippen LogP contribution in [0.4, 0.5) is 4.79 Å². The molecule has 15 nitrogen and oxygen atoms in total. The second-order valence-corrected chi connectivity index (χ2v) is 18.3. The number of carbonyl (C=O) groups excluding carboxylic acids is 7. The van der Waals surface area contributed by atoms with Crippen molar-refractivity contribution in [2.24, 2.45) is 17.8 Å². The Morgan fingerprint density at radius 3 is 2.29 bits per heavy atom. The number of Topliss-reactive ketones (excluding diaryl/α,β-unsaturated/α-hetero) is 1. The largest absolute Gasteiger partial charge is 0.444 e. The van der Waals surface area contributed by atoms with E-state index < -0.39 is 83.5 Å². The highest BCUT2D eigenvalue weighted by Gasteiger charge is 2.56. The van der Waals surface area contributed by atoms with Crippen molar-refractivity contribution in [1.82, 2.24) is 31.1 Å². The first-order valence-corrected chi connectivity index (χ1v) is 20.4. The minimum absolute atomic E-state index is 0.129. The Bertz CT molecular complexity index is 1600. The molecule has 6 atom stereocenters. The number of ether oxygens (including phenoxy) is 2. The fourth-order valence-electron chi connectivity index (χ4n) is 8.06. The molecule has 1 aromatic heterocycles. The number of fused-ring (bicyclic) bond motifs is 1. The molecular weight excluding hydrogens is 729 g/mol. The quantitative estimate of drug-likeness (QED) is 0.205. The Labute approximate surface area is 327 Å². The normalized spacial score (nSPS) is 23.8. The number of alkyl carbamates (subject to hydrolysis) is 1. The summed E-state index contributed by atoms with van der Waals surface area (Å²) in [7, 11) is 3.14. The summed E-state index contributed by atoms with van der Waals surface area (Å²) >= 11 is 1.30. The van der Waals surface area contributed by atoms with E-state index in [1.807, 2.05) is 13.8 Å². The van der Waals surface area contributed by atoms with Crippen LogP contribution in [0.15, 0.2) is 17.5 Å². The molecule has 3 unspecified atom stereocenters. The Balaban J connectivity index is 1.31. The first-order valence-electron chi connectivity index (χ1n) is 19.5. The van der Waals surface area contributed by atoms with Gasteiger partial charge in [-0.2, -0.15) is 0 Å². The summed E-state index contributed by atoms with van der Waals surface area (Å²) in [4.78, 5) is 98.2. The summed E-state index contributed by atoms with van der Waals surface area (Å²) in [6, 6.07) is -0.619. The van der Waals surface area contributed by atoms with Gasteiger partial charge in [-0.1, -0.05) is 38.2 Å². The Morgan fingerprint density at radius 2 is 1.69 bits per heavy atom. The van der Waals surface area contributed by atoms with Gasteiger partial charge in [0, 0.05) is 31.4 Å². The van der Waals surface area contributed by atoms with E-state index in [1.165, 1.54) is 21.1 Å². The standard InChI is InChI=1S/C39H58N6O9S/c1-38(2,3)54-37(52)43-29(23-12-9-8-10-13-23)36(51)45-21-26-24(19-39(4,5)53-26)31(45)33(48)41-25(18-22-15-16-22)32(47)34(49)40-20-28(46)42-30(35(50)44(6)7)27-14-11-17-55-27/h11,14,17,22-26,29-31H,8-10,12-13,15-16,18-21H2,1-7H3,(H,40,49)(H,41,48)(H,42,46)(H,43,52)/t24?,25?,26?,29-,30-,31-/m0/s1. The minimum atomic E-state index is -1.20. The van der Waals surface area contributed by atoms with E-state index in [-0.39, 0.29) is 36.6 Å². The molecule has 4 N–H and O–H groups in total. The van der Waals surface area contributed by atoms with Crippen LogP contribution in [0, 0.1) is 17.8 Å². The molecule has 2 saturated heterocycles. The lowest BCUT2D eigenvalue weighted by Crippen LogP contribution is -2.59. The van der Waals surface area contributed by atoms with Crippen LogP contribution >= 0.6 is 11.3 Å². The van der Waals surface area contributed by atoms with Gasteiger partial charge in [0.05, 0.1) is 24.3 Å². The lowest BCUT2D eigenvalue weighted by Gasteiger charge is -2.36. The number of carbonyl (C=O) groups is 7. The van der Waals surface area contributed by atoms with Crippen molar-refractivity contribution in [2.45, 2.75) is 134 Å². The maximum Gasteiger partial charge on any atom is 0.408 e. The van der Waals surface area contributed by atoms with Crippen molar-refractivity contribution in [3.8, 4) is 0 Å². The number of ketones is 1. The van der Waals surface area contributed by atoms with Crippen LogP contribution in [0.3, 0.4) is 0 Å². The lowest BCUT2D eigenvalue weighted by atomic mass is 9.83. The van der Waals surface area contributed by atoms with Crippen LogP contribution in [0.1, 0.15) is 103 Å². The van der Waals surface area contributed by atoms with Gasteiger partial charge in [0.15, 0.2) is 0 Å². The molecule has 6 amide bonds. The number of likely N-dealkylation sites (N-methyl/N-ethyl adjacent to an activating group) is 1. The van der Waals surface area contributed by atoms with Crippen LogP contribution < -0.4 is 21.3 Å². The van der Waals surface area contributed by atoms with E-state index in [0.29, 0.717) is 11.3 Å². The van der Waals surface area contributed by atoms with Crippen LogP contribution in [0.5, 0.6) is 0 Å². The van der Waals surface area contributed by atoms with Crippen molar-refractivity contribution in [2.75, 3.05) is 27.2 Å². The summed E-state index contributed by atoms with van der Waals surface area (Å²) in [6.07, 6.45) is 5.56. The van der Waals surface area contributed by atoms with E-state index in [1.54, 1.807) is 52.4 Å². The minimum Gasteiger partial charge on any atom is -0.444 e. The van der Waals surface area contributed by atoms with E-state index in [9.17, 15) is 33.6 Å². The molecule has 2 aliphatic heterocycles. The number of likely N-dealkylation sites (tertiary alicyclic amines) is 1. The van der Waals surface area contributed by atoms with Gasteiger partial charge in [0.2, 0.25) is 29.4 Å². The Kier molecular flexibility index (Phi) is 13.3.